The zero-order chi connectivity index (χ0) is 15.4. The van der Waals surface area contributed by atoms with Gasteiger partial charge >= 0.3 is 0 Å². The van der Waals surface area contributed by atoms with Gasteiger partial charge in [-0.3, -0.25) is 15.6 Å². The van der Waals surface area contributed by atoms with Gasteiger partial charge in [-0.15, -0.1) is 0 Å². The Labute approximate surface area is 134 Å². The van der Waals surface area contributed by atoms with Crippen molar-refractivity contribution >= 4 is 34.8 Å². The summed E-state index contributed by atoms with van der Waals surface area (Å²) in [5.41, 5.74) is 6.17. The van der Waals surface area contributed by atoms with Crippen molar-refractivity contribution in [1.82, 2.24) is 16.2 Å². The molecule has 0 heterocycles. The van der Waals surface area contributed by atoms with Crippen molar-refractivity contribution in [3.63, 3.8) is 0 Å². The number of carbonyl (C=O) groups excluding carboxylic acids is 1. The number of hydrogen-bond acceptors (Lipinski definition) is 3. The van der Waals surface area contributed by atoms with Crippen LogP contribution in [0.4, 0.5) is 0 Å². The molecule has 1 saturated carbocycles. The van der Waals surface area contributed by atoms with Crippen LogP contribution in [0, 0.1) is 6.92 Å². The van der Waals surface area contributed by atoms with Crippen molar-refractivity contribution in [3.8, 4) is 5.75 Å². The Morgan fingerprint density at radius 2 is 2.14 bits per heavy atom. The first kappa shape index (κ1) is 15.9. The first-order chi connectivity index (χ1) is 9.95. The molecule has 21 heavy (non-hydrogen) atoms. The predicted molar refractivity (Wildman–Crippen MR) is 86.3 cm³/mol. The molecular weight excluding hydrogens is 310 g/mol. The molecule has 0 spiro atoms. The van der Waals surface area contributed by atoms with Gasteiger partial charge in [0.15, 0.2) is 11.2 Å². The standard InChI is InChI=1S/C14H18ClN3O2S/c1-8-3-6-11(15)12(7-8)20-9(2)13(19)17-18-14(21)16-10-4-5-10/h3,6-7,9-10H,4-5H2,1-2H3,(H,17,19)(H2,16,18,21)/t9-/m0/s1. The molecule has 0 aromatic heterocycles. The van der Waals surface area contributed by atoms with Crippen LogP contribution in [-0.2, 0) is 4.79 Å². The average molecular weight is 328 g/mol. The van der Waals surface area contributed by atoms with E-state index in [0.717, 1.165) is 18.4 Å². The Balaban J connectivity index is 1.81. The second kappa shape index (κ2) is 6.95. The summed E-state index contributed by atoms with van der Waals surface area (Å²) >= 11 is 11.1. The first-order valence-electron chi connectivity index (χ1n) is 6.75. The summed E-state index contributed by atoms with van der Waals surface area (Å²) in [6, 6.07) is 5.84. The fourth-order valence-corrected chi connectivity index (χ4v) is 1.99. The molecule has 1 aliphatic rings. The van der Waals surface area contributed by atoms with Crippen LogP contribution in [0.15, 0.2) is 18.2 Å². The maximum Gasteiger partial charge on any atom is 0.279 e. The van der Waals surface area contributed by atoms with Crippen molar-refractivity contribution < 1.29 is 9.53 Å². The highest BCUT2D eigenvalue weighted by Gasteiger charge is 2.22. The number of hydrazine groups is 1. The third-order valence-electron chi connectivity index (χ3n) is 2.97. The zero-order valence-electron chi connectivity index (χ0n) is 11.9. The Bertz CT molecular complexity index is 549. The molecule has 7 heteroatoms. The second-order valence-electron chi connectivity index (χ2n) is 5.06. The minimum atomic E-state index is -0.694. The van der Waals surface area contributed by atoms with E-state index in [1.54, 1.807) is 19.1 Å². The Morgan fingerprint density at radius 3 is 2.81 bits per heavy atom. The molecule has 5 nitrogen and oxygen atoms in total. The van der Waals surface area contributed by atoms with Gasteiger partial charge in [0, 0.05) is 6.04 Å². The molecule has 1 atom stereocenters. The van der Waals surface area contributed by atoms with Gasteiger partial charge in [0.05, 0.1) is 5.02 Å². The quantitative estimate of drug-likeness (QED) is 0.584. The maximum atomic E-state index is 11.9. The largest absolute Gasteiger partial charge is 0.479 e. The summed E-state index contributed by atoms with van der Waals surface area (Å²) < 4.78 is 5.57. The average Bonchev–Trinajstić information content (AvgIpc) is 3.24. The highest BCUT2D eigenvalue weighted by Crippen LogP contribution is 2.26. The molecule has 114 valence electrons. The second-order valence-corrected chi connectivity index (χ2v) is 5.87. The topological polar surface area (TPSA) is 62.4 Å². The van der Waals surface area contributed by atoms with Crippen LogP contribution in [0.3, 0.4) is 0 Å². The molecule has 3 N–H and O–H groups in total. The van der Waals surface area contributed by atoms with Gasteiger partial charge in [-0.25, -0.2) is 0 Å². The van der Waals surface area contributed by atoms with E-state index in [-0.39, 0.29) is 5.91 Å². The smallest absolute Gasteiger partial charge is 0.279 e. The Morgan fingerprint density at radius 1 is 1.43 bits per heavy atom. The maximum absolute atomic E-state index is 11.9. The molecule has 0 radical (unpaired) electrons. The first-order valence-corrected chi connectivity index (χ1v) is 7.53. The summed E-state index contributed by atoms with van der Waals surface area (Å²) in [7, 11) is 0. The van der Waals surface area contributed by atoms with Gasteiger partial charge in [0.25, 0.3) is 5.91 Å². The molecule has 1 aromatic rings. The van der Waals surface area contributed by atoms with Crippen molar-refractivity contribution in [1.29, 1.82) is 0 Å². The Kier molecular flexibility index (Phi) is 5.25. The SMILES string of the molecule is Cc1ccc(Cl)c(O[C@@H](C)C(=O)NNC(=S)NC2CC2)c1. The number of nitrogens with one attached hydrogen (secondary N) is 3. The number of thiocarbonyl (C=S) groups is 1. The van der Waals surface area contributed by atoms with Crippen LogP contribution in [0.25, 0.3) is 0 Å². The zero-order valence-corrected chi connectivity index (χ0v) is 13.5. The number of halogens is 1. The van der Waals surface area contributed by atoms with Crippen molar-refractivity contribution in [2.75, 3.05) is 0 Å². The van der Waals surface area contributed by atoms with Crippen molar-refractivity contribution in [2.45, 2.75) is 38.8 Å². The van der Waals surface area contributed by atoms with Gasteiger partial charge in [-0.2, -0.15) is 0 Å². The minimum absolute atomic E-state index is 0.326. The van der Waals surface area contributed by atoms with Crippen molar-refractivity contribution in [2.24, 2.45) is 0 Å². The fraction of sp³-hybridized carbons (Fsp3) is 0.429. The normalized spacial score (nSPS) is 15.0. The molecule has 1 aliphatic carbocycles. The van der Waals surface area contributed by atoms with Gasteiger partial charge < -0.3 is 10.1 Å². The molecule has 1 fully saturated rings. The highest BCUT2D eigenvalue weighted by atomic mass is 35.5. The highest BCUT2D eigenvalue weighted by molar-refractivity contribution is 7.80. The summed E-state index contributed by atoms with van der Waals surface area (Å²) in [6.07, 6.45) is 1.53. The third kappa shape index (κ3) is 5.06. The van der Waals surface area contributed by atoms with E-state index in [1.807, 2.05) is 13.0 Å². The minimum Gasteiger partial charge on any atom is -0.479 e. The van der Waals surface area contributed by atoms with Crippen LogP contribution in [0.1, 0.15) is 25.3 Å². The van der Waals surface area contributed by atoms with E-state index in [0.29, 0.717) is 21.9 Å². The molecular formula is C14H18ClN3O2S. The van der Waals surface area contributed by atoms with E-state index in [9.17, 15) is 4.79 Å². The lowest BCUT2D eigenvalue weighted by atomic mass is 10.2. The van der Waals surface area contributed by atoms with E-state index in [4.69, 9.17) is 28.6 Å². The number of aryl methyl sites for hydroxylation is 1. The molecule has 0 saturated heterocycles. The molecule has 2 rings (SSSR count). The van der Waals surface area contributed by atoms with Crippen molar-refractivity contribution in [3.05, 3.63) is 28.8 Å². The van der Waals surface area contributed by atoms with Gasteiger partial charge in [0.2, 0.25) is 0 Å². The predicted octanol–water partition coefficient (Wildman–Crippen LogP) is 2.07. The van der Waals surface area contributed by atoms with Crippen LogP contribution < -0.4 is 20.9 Å². The third-order valence-corrected chi connectivity index (χ3v) is 3.50. The van der Waals surface area contributed by atoms with E-state index in [2.05, 4.69) is 16.2 Å². The summed E-state index contributed by atoms with van der Waals surface area (Å²) in [5, 5.41) is 3.94. The summed E-state index contributed by atoms with van der Waals surface area (Å²) in [5.74, 6) is 0.158. The lowest BCUT2D eigenvalue weighted by molar-refractivity contribution is -0.127. The number of amides is 1. The number of benzene rings is 1. The summed E-state index contributed by atoms with van der Waals surface area (Å²) in [6.45, 7) is 3.57. The molecule has 0 bridgehead atoms. The fourth-order valence-electron chi connectivity index (χ4n) is 1.61. The number of rotatable bonds is 4. The lowest BCUT2D eigenvalue weighted by Gasteiger charge is -2.17. The van der Waals surface area contributed by atoms with Crippen LogP contribution in [-0.4, -0.2) is 23.2 Å². The van der Waals surface area contributed by atoms with Gasteiger partial charge in [0.1, 0.15) is 5.75 Å². The summed E-state index contributed by atoms with van der Waals surface area (Å²) in [4.78, 5) is 11.9. The van der Waals surface area contributed by atoms with E-state index >= 15 is 0 Å². The van der Waals surface area contributed by atoms with E-state index < -0.39 is 6.10 Å². The van der Waals surface area contributed by atoms with Gasteiger partial charge in [-0.1, -0.05) is 17.7 Å². The number of carbonyl (C=O) groups is 1. The van der Waals surface area contributed by atoms with Crippen LogP contribution in [0.2, 0.25) is 5.02 Å². The molecule has 0 unspecified atom stereocenters. The molecule has 0 aliphatic heterocycles. The number of ether oxygens (including phenoxy) is 1. The lowest BCUT2D eigenvalue weighted by Crippen LogP contribution is -2.50. The van der Waals surface area contributed by atoms with Crippen LogP contribution >= 0.6 is 23.8 Å². The van der Waals surface area contributed by atoms with E-state index in [1.165, 1.54) is 0 Å². The number of hydrogen-bond donors (Lipinski definition) is 3. The van der Waals surface area contributed by atoms with Crippen LogP contribution in [0.5, 0.6) is 5.75 Å². The van der Waals surface area contributed by atoms with Gasteiger partial charge in [-0.05, 0) is 56.6 Å². The molecule has 1 amide bonds. The Hall–Kier alpha value is -1.53. The molecule has 1 aromatic carbocycles. The monoisotopic (exact) mass is 327 g/mol.